The molecule has 8 heteroatoms. The van der Waals surface area contributed by atoms with Crippen molar-refractivity contribution in [3.63, 3.8) is 0 Å². The molecule has 0 aromatic heterocycles. The van der Waals surface area contributed by atoms with E-state index in [0.29, 0.717) is 17.3 Å². The highest BCUT2D eigenvalue weighted by molar-refractivity contribution is 8.16. The topological polar surface area (TPSA) is 76.0 Å². The molecule has 2 atom stereocenters. The van der Waals surface area contributed by atoms with Crippen LogP contribution in [-0.2, 0) is 14.6 Å². The summed E-state index contributed by atoms with van der Waals surface area (Å²) in [5, 5.41) is 0.485. The van der Waals surface area contributed by atoms with Gasteiger partial charge in [-0.15, -0.1) is 0 Å². The summed E-state index contributed by atoms with van der Waals surface area (Å²) in [7, 11) is -3.08. The van der Waals surface area contributed by atoms with Crippen molar-refractivity contribution in [2.24, 2.45) is 4.99 Å². The van der Waals surface area contributed by atoms with E-state index < -0.39 is 9.84 Å². The van der Waals surface area contributed by atoms with Crippen LogP contribution < -0.4 is 9.64 Å². The lowest BCUT2D eigenvalue weighted by Gasteiger charge is -2.24. The molecule has 152 valence electrons. The molecule has 29 heavy (non-hydrogen) atoms. The van der Waals surface area contributed by atoms with Crippen LogP contribution in [0.2, 0.25) is 0 Å². The molecule has 2 aliphatic heterocycles. The van der Waals surface area contributed by atoms with Crippen molar-refractivity contribution < 1.29 is 17.9 Å². The molecule has 0 aliphatic carbocycles. The third-order valence-corrected chi connectivity index (χ3v) is 8.05. The molecule has 2 aliphatic rings. The van der Waals surface area contributed by atoms with Gasteiger partial charge < -0.3 is 9.64 Å². The Morgan fingerprint density at radius 1 is 1.10 bits per heavy atom. The number of sulfone groups is 1. The lowest BCUT2D eigenvalue weighted by atomic mass is 10.2. The van der Waals surface area contributed by atoms with Gasteiger partial charge in [-0.2, -0.15) is 4.99 Å². The van der Waals surface area contributed by atoms with E-state index >= 15 is 0 Å². The number of hydrogen-bond acceptors (Lipinski definition) is 5. The quantitative estimate of drug-likeness (QED) is 0.717. The number of amides is 1. The number of thioether (sulfide) groups is 1. The standard InChI is InChI=1S/C21H22N2O4S2/c1-2-6-20(24)22-21-23(18-13-29(25,26)14-19(18)28-21)15-9-11-17(12-10-15)27-16-7-4-3-5-8-16/h3-5,7-12,18-19H,2,6,13-14H2,1H3/t18-,19-/m0/s1. The molecule has 0 N–H and O–H groups in total. The van der Waals surface area contributed by atoms with Gasteiger partial charge in [0.25, 0.3) is 0 Å². The maximum atomic E-state index is 12.1. The Morgan fingerprint density at radius 3 is 2.48 bits per heavy atom. The van der Waals surface area contributed by atoms with Gasteiger partial charge in [-0.3, -0.25) is 4.79 Å². The van der Waals surface area contributed by atoms with Crippen molar-refractivity contribution in [2.45, 2.75) is 31.1 Å². The Balaban J connectivity index is 1.61. The van der Waals surface area contributed by atoms with E-state index in [1.54, 1.807) is 0 Å². The average molecular weight is 431 g/mol. The zero-order valence-corrected chi connectivity index (χ0v) is 17.7. The molecule has 4 rings (SSSR count). The number of rotatable bonds is 5. The number of carbonyl (C=O) groups excluding carboxylic acids is 1. The molecular weight excluding hydrogens is 408 g/mol. The summed E-state index contributed by atoms with van der Waals surface area (Å²) >= 11 is 1.39. The Morgan fingerprint density at radius 2 is 1.79 bits per heavy atom. The van der Waals surface area contributed by atoms with Crippen LogP contribution >= 0.6 is 11.8 Å². The van der Waals surface area contributed by atoms with Crippen molar-refractivity contribution in [1.82, 2.24) is 0 Å². The van der Waals surface area contributed by atoms with Crippen molar-refractivity contribution >= 4 is 38.4 Å². The van der Waals surface area contributed by atoms with Gasteiger partial charge in [-0.25, -0.2) is 8.42 Å². The van der Waals surface area contributed by atoms with E-state index in [-0.39, 0.29) is 28.7 Å². The van der Waals surface area contributed by atoms with E-state index in [4.69, 9.17) is 4.74 Å². The largest absolute Gasteiger partial charge is 0.457 e. The highest BCUT2D eigenvalue weighted by Gasteiger charge is 2.49. The second-order valence-electron chi connectivity index (χ2n) is 7.12. The normalized spacial score (nSPS) is 23.9. The summed E-state index contributed by atoms with van der Waals surface area (Å²) in [6, 6.07) is 16.7. The first-order valence-electron chi connectivity index (χ1n) is 9.56. The van der Waals surface area contributed by atoms with Crippen LogP contribution in [0, 0.1) is 0 Å². The number of anilines is 1. The fraction of sp³-hybridized carbons (Fsp3) is 0.333. The van der Waals surface area contributed by atoms with Crippen LogP contribution in [0.15, 0.2) is 59.6 Å². The average Bonchev–Trinajstić information content (AvgIpc) is 3.14. The Hall–Kier alpha value is -2.32. The fourth-order valence-electron chi connectivity index (χ4n) is 3.54. The van der Waals surface area contributed by atoms with Crippen molar-refractivity contribution in [2.75, 3.05) is 16.4 Å². The Bertz CT molecular complexity index is 1020. The monoisotopic (exact) mass is 430 g/mol. The third-order valence-electron chi connectivity index (χ3n) is 4.84. The van der Waals surface area contributed by atoms with E-state index in [0.717, 1.165) is 17.9 Å². The second-order valence-corrected chi connectivity index (χ2v) is 10.5. The number of amidine groups is 1. The Labute approximate surface area is 174 Å². The summed E-state index contributed by atoms with van der Waals surface area (Å²) in [5.41, 5.74) is 0.811. The van der Waals surface area contributed by atoms with Gasteiger partial charge in [0.15, 0.2) is 15.0 Å². The van der Waals surface area contributed by atoms with Gasteiger partial charge in [0.1, 0.15) is 11.5 Å². The van der Waals surface area contributed by atoms with Crippen LogP contribution in [0.3, 0.4) is 0 Å². The number of para-hydroxylation sites is 1. The van der Waals surface area contributed by atoms with Crippen molar-refractivity contribution in [3.05, 3.63) is 54.6 Å². The lowest BCUT2D eigenvalue weighted by molar-refractivity contribution is -0.117. The summed E-state index contributed by atoms with van der Waals surface area (Å²) in [6.45, 7) is 1.93. The maximum Gasteiger partial charge on any atom is 0.248 e. The van der Waals surface area contributed by atoms with Crippen molar-refractivity contribution in [1.29, 1.82) is 0 Å². The van der Waals surface area contributed by atoms with E-state index in [2.05, 4.69) is 4.99 Å². The fourth-order valence-corrected chi connectivity index (χ4v) is 7.47. The number of ether oxygens (including phenoxy) is 1. The van der Waals surface area contributed by atoms with Gasteiger partial charge in [0.05, 0.1) is 17.5 Å². The summed E-state index contributed by atoms with van der Waals surface area (Å²) in [6.07, 6.45) is 1.11. The highest BCUT2D eigenvalue weighted by Crippen LogP contribution is 2.41. The number of aliphatic imine (C=N–C) groups is 1. The van der Waals surface area contributed by atoms with Gasteiger partial charge in [0, 0.05) is 17.4 Å². The first-order valence-corrected chi connectivity index (χ1v) is 12.3. The van der Waals surface area contributed by atoms with Gasteiger partial charge in [0.2, 0.25) is 5.91 Å². The van der Waals surface area contributed by atoms with Gasteiger partial charge >= 0.3 is 0 Å². The van der Waals surface area contributed by atoms with Crippen LogP contribution in [0.4, 0.5) is 5.69 Å². The molecule has 2 aromatic carbocycles. The van der Waals surface area contributed by atoms with Crippen LogP contribution in [-0.4, -0.2) is 42.3 Å². The van der Waals surface area contributed by atoms with Crippen LogP contribution in [0.1, 0.15) is 19.8 Å². The number of fused-ring (bicyclic) bond motifs is 1. The number of carbonyl (C=O) groups is 1. The second kappa shape index (κ2) is 8.20. The summed E-state index contributed by atoms with van der Waals surface area (Å²) < 4.78 is 30.1. The molecule has 0 saturated carbocycles. The zero-order valence-electron chi connectivity index (χ0n) is 16.0. The number of hydrogen-bond donors (Lipinski definition) is 0. The molecule has 2 saturated heterocycles. The maximum absolute atomic E-state index is 12.1. The zero-order chi connectivity index (χ0) is 20.4. The minimum Gasteiger partial charge on any atom is -0.457 e. The first-order chi connectivity index (χ1) is 13.9. The molecule has 0 unspecified atom stereocenters. The molecule has 2 fully saturated rings. The van der Waals surface area contributed by atoms with E-state index in [1.807, 2.05) is 66.4 Å². The molecule has 0 radical (unpaired) electrons. The Kier molecular flexibility index (Phi) is 5.65. The van der Waals surface area contributed by atoms with Crippen molar-refractivity contribution in [3.8, 4) is 11.5 Å². The van der Waals surface area contributed by atoms with Crippen LogP contribution in [0.5, 0.6) is 11.5 Å². The summed E-state index contributed by atoms with van der Waals surface area (Å²) in [4.78, 5) is 18.3. The molecule has 1 amide bonds. The summed E-state index contributed by atoms with van der Waals surface area (Å²) in [5.74, 6) is 1.45. The predicted octanol–water partition coefficient (Wildman–Crippen LogP) is 3.88. The molecule has 6 nitrogen and oxygen atoms in total. The molecule has 2 heterocycles. The third kappa shape index (κ3) is 4.48. The SMILES string of the molecule is CCCC(=O)N=C1S[C@H]2CS(=O)(=O)C[C@@H]2N1c1ccc(Oc2ccccc2)cc1. The molecular formula is C21H22N2O4S2. The molecule has 0 bridgehead atoms. The van der Waals surface area contributed by atoms with E-state index in [1.165, 1.54) is 11.8 Å². The number of nitrogens with zero attached hydrogens (tertiary/aromatic N) is 2. The lowest BCUT2D eigenvalue weighted by Crippen LogP contribution is -2.37. The predicted molar refractivity (Wildman–Crippen MR) is 117 cm³/mol. The van der Waals surface area contributed by atoms with Crippen LogP contribution in [0.25, 0.3) is 0 Å². The molecule has 2 aromatic rings. The van der Waals surface area contributed by atoms with Gasteiger partial charge in [-0.05, 0) is 42.8 Å². The first kappa shape index (κ1) is 20.0. The van der Waals surface area contributed by atoms with E-state index in [9.17, 15) is 13.2 Å². The highest BCUT2D eigenvalue weighted by atomic mass is 32.2. The minimum absolute atomic E-state index is 0.0773. The smallest absolute Gasteiger partial charge is 0.248 e. The number of benzene rings is 2. The molecule has 0 spiro atoms. The van der Waals surface area contributed by atoms with Gasteiger partial charge in [-0.1, -0.05) is 36.9 Å². The minimum atomic E-state index is -3.08.